The number of amides is 1. The van der Waals surface area contributed by atoms with Crippen LogP contribution in [0.25, 0.3) is 10.4 Å². The molecule has 12 heteroatoms. The van der Waals surface area contributed by atoms with Crippen LogP contribution in [0.4, 0.5) is 0 Å². The Morgan fingerprint density at radius 3 is 2.59 bits per heavy atom. The molecule has 0 fully saturated rings. The first-order valence-corrected chi connectivity index (χ1v) is 15.8. The van der Waals surface area contributed by atoms with Crippen molar-refractivity contribution < 1.29 is 19.4 Å². The lowest BCUT2D eigenvalue weighted by molar-refractivity contribution is -0.130. The van der Waals surface area contributed by atoms with Gasteiger partial charge in [0.15, 0.2) is 11.6 Å². The van der Waals surface area contributed by atoms with Gasteiger partial charge in [0.2, 0.25) is 5.90 Å². The van der Waals surface area contributed by atoms with Crippen molar-refractivity contribution in [3.05, 3.63) is 145 Å². The fourth-order valence-electron chi connectivity index (χ4n) is 5.20. The van der Waals surface area contributed by atoms with E-state index in [9.17, 15) is 4.79 Å². The van der Waals surface area contributed by atoms with Gasteiger partial charge in [-0.2, -0.15) is 0 Å². The van der Waals surface area contributed by atoms with Gasteiger partial charge in [0, 0.05) is 46.0 Å². The molecule has 0 aromatic heterocycles. The number of hydrazine groups is 1. The number of carbonyl (C=O) groups excluding carboxylic acids is 1. The minimum absolute atomic E-state index is 0.0434. The summed E-state index contributed by atoms with van der Waals surface area (Å²) in [6, 6.07) is 29.7. The van der Waals surface area contributed by atoms with Crippen molar-refractivity contribution >= 4 is 39.3 Å². The summed E-state index contributed by atoms with van der Waals surface area (Å²) < 4.78 is 13.2. The molecule has 0 saturated heterocycles. The van der Waals surface area contributed by atoms with Gasteiger partial charge in [-0.05, 0) is 76.3 Å². The number of benzene rings is 4. The van der Waals surface area contributed by atoms with E-state index >= 15 is 0 Å². The second kappa shape index (κ2) is 15.8. The van der Waals surface area contributed by atoms with E-state index in [0.717, 1.165) is 15.6 Å². The van der Waals surface area contributed by atoms with Gasteiger partial charge in [-0.15, -0.1) is 0 Å². The molecule has 46 heavy (non-hydrogen) atoms. The van der Waals surface area contributed by atoms with Crippen molar-refractivity contribution in [2.24, 2.45) is 10.1 Å². The van der Waals surface area contributed by atoms with E-state index in [1.165, 1.54) is 0 Å². The molecule has 0 bridgehead atoms. The molecule has 3 N–H and O–H groups in total. The number of azide groups is 1. The van der Waals surface area contributed by atoms with Gasteiger partial charge in [-0.3, -0.25) is 10.2 Å². The molecule has 1 aliphatic heterocycles. The van der Waals surface area contributed by atoms with E-state index in [1.54, 1.807) is 18.2 Å². The molecular weight excluding hydrogens is 672 g/mol. The van der Waals surface area contributed by atoms with Crippen LogP contribution in [0.2, 0.25) is 5.02 Å². The second-order valence-electron chi connectivity index (χ2n) is 10.6. The van der Waals surface area contributed by atoms with Crippen molar-refractivity contribution in [2.75, 3.05) is 13.2 Å². The van der Waals surface area contributed by atoms with Crippen molar-refractivity contribution in [1.29, 1.82) is 0 Å². The fourth-order valence-corrected chi connectivity index (χ4v) is 5.67. The van der Waals surface area contributed by atoms with Crippen LogP contribution in [-0.2, 0) is 29.0 Å². The minimum Gasteiger partial charge on any atom is -0.494 e. The number of hydrogen-bond acceptors (Lipinski definition) is 7. The average Bonchev–Trinajstić information content (AvgIpc) is 3.45. The maximum atomic E-state index is 14.5. The van der Waals surface area contributed by atoms with E-state index in [1.807, 2.05) is 78.9 Å². The van der Waals surface area contributed by atoms with Crippen LogP contribution in [0.1, 0.15) is 40.3 Å². The van der Waals surface area contributed by atoms with Crippen LogP contribution < -0.4 is 15.6 Å². The molecule has 5 rings (SSSR count). The maximum absolute atomic E-state index is 14.5. The van der Waals surface area contributed by atoms with Gasteiger partial charge in [-0.25, -0.2) is 10.4 Å². The zero-order chi connectivity index (χ0) is 32.4. The number of hydrogen-bond donors (Lipinski definition) is 3. The Kier molecular flexibility index (Phi) is 11.3. The molecule has 2 atom stereocenters. The third-order valence-corrected chi connectivity index (χ3v) is 8.21. The van der Waals surface area contributed by atoms with Crippen LogP contribution in [0.15, 0.2) is 112 Å². The lowest BCUT2D eigenvalue weighted by Crippen LogP contribution is -2.53. The Morgan fingerprint density at radius 1 is 1.07 bits per heavy atom. The highest BCUT2D eigenvalue weighted by molar-refractivity contribution is 9.10. The van der Waals surface area contributed by atoms with Crippen LogP contribution in [0, 0.1) is 0 Å². The van der Waals surface area contributed by atoms with E-state index in [4.69, 9.17) is 36.7 Å². The molecule has 1 amide bonds. The first kappa shape index (κ1) is 33.0. The number of carbonyl (C=O) groups is 1. The zero-order valence-electron chi connectivity index (χ0n) is 24.8. The fraction of sp³-hybridized carbons (Fsp3) is 0.235. The first-order chi connectivity index (χ1) is 22.4. The highest BCUT2D eigenvalue weighted by Gasteiger charge is 2.54. The van der Waals surface area contributed by atoms with Crippen LogP contribution in [0.3, 0.4) is 0 Å². The molecule has 0 saturated carbocycles. The Bertz CT molecular complexity index is 1730. The highest BCUT2D eigenvalue weighted by atomic mass is 79.9. The minimum atomic E-state index is -1.47. The smallest absolute Gasteiger partial charge is 0.266 e. The molecule has 1 aliphatic rings. The molecule has 4 aromatic carbocycles. The number of aliphatic hydroxyl groups is 1. The molecule has 1 heterocycles. The summed E-state index contributed by atoms with van der Waals surface area (Å²) in [4.78, 5) is 22.5. The summed E-state index contributed by atoms with van der Waals surface area (Å²) >= 11 is 9.66. The summed E-state index contributed by atoms with van der Waals surface area (Å²) in [6.07, 6.45) is -0.144. The molecule has 10 nitrogen and oxygen atoms in total. The Balaban J connectivity index is 1.56. The lowest BCUT2D eigenvalue weighted by atomic mass is 9.81. The number of aliphatic imine (C=N–C) groups is 1. The van der Waals surface area contributed by atoms with Gasteiger partial charge in [-0.1, -0.05) is 81.2 Å². The van der Waals surface area contributed by atoms with Crippen molar-refractivity contribution in [3.63, 3.8) is 0 Å². The Morgan fingerprint density at radius 2 is 1.85 bits per heavy atom. The number of aliphatic hydroxyl groups excluding tert-OH is 1. The summed E-state index contributed by atoms with van der Waals surface area (Å²) in [5.41, 5.74) is 17.4. The average molecular weight is 704 g/mol. The van der Waals surface area contributed by atoms with E-state index in [0.29, 0.717) is 47.0 Å². The summed E-state index contributed by atoms with van der Waals surface area (Å²) in [5, 5.41) is 13.5. The molecule has 236 valence electrons. The second-order valence-corrected chi connectivity index (χ2v) is 12.0. The third kappa shape index (κ3) is 8.06. The number of halogens is 2. The van der Waals surface area contributed by atoms with E-state index in [2.05, 4.69) is 36.8 Å². The van der Waals surface area contributed by atoms with Crippen molar-refractivity contribution in [2.45, 2.75) is 37.6 Å². The largest absolute Gasteiger partial charge is 0.494 e. The normalized spacial score (nSPS) is 17.0. The standard InChI is InChI=1S/C34H32BrClN6O4/c35-27-13-9-23(10-14-27)20-34(33(44)41-38-21-24-5-3-7-28(36)19-24)31(30-8-2-1-6-26(30)22-39-42-37)46-32(40-34)25-11-15-29(16-12-25)45-18-4-17-43/h1-3,5-16,19,31,38,43H,4,17-18,20-22H2,(H,41,44)/t31-,34-/m0/s1. The van der Waals surface area contributed by atoms with Gasteiger partial charge >= 0.3 is 0 Å². The predicted octanol–water partition coefficient (Wildman–Crippen LogP) is 6.99. The highest BCUT2D eigenvalue weighted by Crippen LogP contribution is 2.44. The Hall–Kier alpha value is -4.38. The predicted molar refractivity (Wildman–Crippen MR) is 180 cm³/mol. The molecular formula is C34H32BrClN6O4. The summed E-state index contributed by atoms with van der Waals surface area (Å²) in [6.45, 7) is 0.830. The molecule has 0 spiro atoms. The van der Waals surface area contributed by atoms with Gasteiger partial charge < -0.3 is 14.6 Å². The zero-order valence-corrected chi connectivity index (χ0v) is 27.1. The van der Waals surface area contributed by atoms with Crippen LogP contribution in [-0.4, -0.2) is 35.7 Å². The molecule has 0 aliphatic carbocycles. The molecule has 4 aromatic rings. The summed E-state index contributed by atoms with van der Waals surface area (Å²) in [5.74, 6) is 0.517. The number of nitrogens with zero attached hydrogens (tertiary/aromatic N) is 4. The van der Waals surface area contributed by atoms with E-state index in [-0.39, 0.29) is 25.5 Å². The number of rotatable bonds is 14. The lowest BCUT2D eigenvalue weighted by Gasteiger charge is -2.32. The SMILES string of the molecule is [N-]=[N+]=NCc1ccccc1[C@@H]1OC(c2ccc(OCCCO)cc2)=N[C@]1(Cc1ccc(Br)cc1)C(=O)NNCc1cccc(Cl)c1. The summed E-state index contributed by atoms with van der Waals surface area (Å²) in [7, 11) is 0. The number of nitrogens with one attached hydrogen (secondary N) is 2. The van der Waals surface area contributed by atoms with Crippen molar-refractivity contribution in [3.8, 4) is 5.75 Å². The van der Waals surface area contributed by atoms with Crippen LogP contribution in [0.5, 0.6) is 5.75 Å². The Labute approximate surface area is 280 Å². The molecule has 0 unspecified atom stereocenters. The molecule has 0 radical (unpaired) electrons. The van der Waals surface area contributed by atoms with E-state index < -0.39 is 17.6 Å². The van der Waals surface area contributed by atoms with Gasteiger partial charge in [0.05, 0.1) is 13.2 Å². The monoisotopic (exact) mass is 702 g/mol. The maximum Gasteiger partial charge on any atom is 0.266 e. The quantitative estimate of drug-likeness (QED) is 0.0427. The third-order valence-electron chi connectivity index (χ3n) is 7.44. The van der Waals surface area contributed by atoms with Crippen LogP contribution >= 0.6 is 27.5 Å². The topological polar surface area (TPSA) is 141 Å². The first-order valence-electron chi connectivity index (χ1n) is 14.6. The van der Waals surface area contributed by atoms with Gasteiger partial charge in [0.25, 0.3) is 5.91 Å². The number of ether oxygens (including phenoxy) is 2. The van der Waals surface area contributed by atoms with Crippen molar-refractivity contribution in [1.82, 2.24) is 10.9 Å². The van der Waals surface area contributed by atoms with Gasteiger partial charge in [0.1, 0.15) is 5.75 Å².